The van der Waals surface area contributed by atoms with Crippen LogP contribution in [0.5, 0.6) is 0 Å². The average Bonchev–Trinajstić information content (AvgIpc) is 2.35. The molecule has 0 saturated heterocycles. The van der Waals surface area contributed by atoms with Crippen LogP contribution in [0.3, 0.4) is 0 Å². The van der Waals surface area contributed by atoms with E-state index < -0.39 is 11.7 Å². The molecule has 18 heavy (non-hydrogen) atoms. The molecule has 1 atom stereocenters. The van der Waals surface area contributed by atoms with Crippen molar-refractivity contribution in [3.05, 3.63) is 35.9 Å². The molecule has 1 aromatic rings. The number of alkyl carbamates (subject to hydrolysis) is 1. The van der Waals surface area contributed by atoms with Crippen LogP contribution in [0.25, 0.3) is 0 Å². The maximum atomic E-state index is 11.4. The number of carbonyl (C=O) groups excluding carboxylic acids is 1. The van der Waals surface area contributed by atoms with Crippen molar-refractivity contribution in [2.45, 2.75) is 19.1 Å². The van der Waals surface area contributed by atoms with E-state index in [-0.39, 0.29) is 13.2 Å². The van der Waals surface area contributed by atoms with E-state index in [9.17, 15) is 9.90 Å². The first-order valence-electron chi connectivity index (χ1n) is 5.69. The van der Waals surface area contributed by atoms with Crippen LogP contribution in [-0.2, 0) is 11.3 Å². The highest BCUT2D eigenvalue weighted by molar-refractivity contribution is 7.98. The molecule has 1 unspecified atom stereocenters. The summed E-state index contributed by atoms with van der Waals surface area (Å²) in [4.78, 5) is 11.4. The zero-order chi connectivity index (χ0) is 13.4. The van der Waals surface area contributed by atoms with Crippen LogP contribution in [0.4, 0.5) is 4.79 Å². The molecule has 0 aliphatic heterocycles. The third-order valence-corrected chi connectivity index (χ3v) is 3.19. The summed E-state index contributed by atoms with van der Waals surface area (Å²) in [5.41, 5.74) is 0.0223. The van der Waals surface area contributed by atoms with Crippen molar-refractivity contribution in [3.8, 4) is 0 Å². The van der Waals surface area contributed by atoms with Crippen molar-refractivity contribution in [1.82, 2.24) is 5.32 Å². The standard InChI is InChI=1S/C13H19NO3S/c1-13(16,10-18-2)9-14-12(15)17-8-11-6-4-3-5-7-11/h3-7,16H,8-10H2,1-2H3,(H,14,15). The highest BCUT2D eigenvalue weighted by Crippen LogP contribution is 2.09. The number of amides is 1. The van der Waals surface area contributed by atoms with Gasteiger partial charge in [-0.3, -0.25) is 0 Å². The fourth-order valence-corrected chi connectivity index (χ4v) is 2.12. The molecule has 0 aliphatic rings. The molecule has 0 saturated carbocycles. The van der Waals surface area contributed by atoms with Gasteiger partial charge in [0.1, 0.15) is 6.61 Å². The second-order valence-corrected chi connectivity index (χ2v) is 5.21. The Morgan fingerprint density at radius 1 is 1.44 bits per heavy atom. The Bertz CT molecular complexity index is 368. The zero-order valence-electron chi connectivity index (χ0n) is 10.7. The molecular formula is C13H19NO3S. The molecule has 2 N–H and O–H groups in total. The second-order valence-electron chi connectivity index (χ2n) is 4.35. The Balaban J connectivity index is 2.26. The Hall–Kier alpha value is -1.20. The number of rotatable bonds is 6. The minimum absolute atomic E-state index is 0.182. The van der Waals surface area contributed by atoms with Gasteiger partial charge in [0.2, 0.25) is 0 Å². The summed E-state index contributed by atoms with van der Waals surface area (Å²) < 4.78 is 5.03. The molecule has 0 bridgehead atoms. The Morgan fingerprint density at radius 2 is 2.11 bits per heavy atom. The monoisotopic (exact) mass is 269 g/mol. The summed E-state index contributed by atoms with van der Waals surface area (Å²) in [6, 6.07) is 9.46. The predicted molar refractivity (Wildman–Crippen MR) is 73.6 cm³/mol. The van der Waals surface area contributed by atoms with Crippen LogP contribution >= 0.6 is 11.8 Å². The van der Waals surface area contributed by atoms with Gasteiger partial charge in [-0.15, -0.1) is 0 Å². The van der Waals surface area contributed by atoms with E-state index in [4.69, 9.17) is 4.74 Å². The van der Waals surface area contributed by atoms with Gasteiger partial charge in [-0.1, -0.05) is 30.3 Å². The van der Waals surface area contributed by atoms with Gasteiger partial charge in [0.25, 0.3) is 0 Å². The first-order valence-corrected chi connectivity index (χ1v) is 7.09. The summed E-state index contributed by atoms with van der Waals surface area (Å²) in [7, 11) is 0. The van der Waals surface area contributed by atoms with E-state index in [1.54, 1.807) is 6.92 Å². The number of thioether (sulfide) groups is 1. The number of hydrogen-bond acceptors (Lipinski definition) is 4. The lowest BCUT2D eigenvalue weighted by molar-refractivity contribution is 0.0772. The van der Waals surface area contributed by atoms with Gasteiger partial charge < -0.3 is 15.2 Å². The number of ether oxygens (including phenoxy) is 1. The van der Waals surface area contributed by atoms with E-state index in [0.29, 0.717) is 5.75 Å². The Morgan fingerprint density at radius 3 is 2.72 bits per heavy atom. The van der Waals surface area contributed by atoms with E-state index in [1.165, 1.54) is 11.8 Å². The minimum Gasteiger partial charge on any atom is -0.445 e. The molecule has 0 heterocycles. The highest BCUT2D eigenvalue weighted by atomic mass is 32.2. The zero-order valence-corrected chi connectivity index (χ0v) is 11.5. The molecule has 0 aliphatic carbocycles. The van der Waals surface area contributed by atoms with Gasteiger partial charge in [0, 0.05) is 5.75 Å². The quantitative estimate of drug-likeness (QED) is 0.829. The number of benzene rings is 1. The van der Waals surface area contributed by atoms with Crippen molar-refractivity contribution in [1.29, 1.82) is 0 Å². The maximum absolute atomic E-state index is 11.4. The van der Waals surface area contributed by atoms with Gasteiger partial charge in [0.15, 0.2) is 0 Å². The van der Waals surface area contributed by atoms with Crippen LogP contribution in [0.1, 0.15) is 12.5 Å². The highest BCUT2D eigenvalue weighted by Gasteiger charge is 2.20. The molecule has 1 aromatic carbocycles. The largest absolute Gasteiger partial charge is 0.445 e. The van der Waals surface area contributed by atoms with E-state index in [0.717, 1.165) is 5.56 Å². The SMILES string of the molecule is CSCC(C)(O)CNC(=O)OCc1ccccc1. The number of hydrogen-bond donors (Lipinski definition) is 2. The summed E-state index contributed by atoms with van der Waals surface area (Å²) in [6.07, 6.45) is 1.39. The molecule has 1 amide bonds. The smallest absolute Gasteiger partial charge is 0.407 e. The molecule has 0 fully saturated rings. The summed E-state index contributed by atoms with van der Waals surface area (Å²) >= 11 is 1.53. The maximum Gasteiger partial charge on any atom is 0.407 e. The molecule has 0 radical (unpaired) electrons. The molecule has 4 nitrogen and oxygen atoms in total. The van der Waals surface area contributed by atoms with Crippen LogP contribution in [-0.4, -0.2) is 35.4 Å². The lowest BCUT2D eigenvalue weighted by atomic mass is 10.1. The second kappa shape index (κ2) is 7.28. The predicted octanol–water partition coefficient (Wildman–Crippen LogP) is 2.03. The number of nitrogens with one attached hydrogen (secondary N) is 1. The normalized spacial score (nSPS) is 13.7. The van der Waals surface area contributed by atoms with Gasteiger partial charge in [-0.25, -0.2) is 4.79 Å². The third kappa shape index (κ3) is 5.93. The summed E-state index contributed by atoms with van der Waals surface area (Å²) in [5, 5.41) is 12.4. The summed E-state index contributed by atoms with van der Waals surface area (Å²) in [6.45, 7) is 2.10. The van der Waals surface area contributed by atoms with Crippen molar-refractivity contribution in [3.63, 3.8) is 0 Å². The number of aliphatic hydroxyl groups is 1. The lowest BCUT2D eigenvalue weighted by Crippen LogP contribution is -2.42. The van der Waals surface area contributed by atoms with Gasteiger partial charge in [0.05, 0.1) is 12.1 Å². The van der Waals surface area contributed by atoms with Crippen molar-refractivity contribution in [2.24, 2.45) is 0 Å². The van der Waals surface area contributed by atoms with Gasteiger partial charge in [-0.2, -0.15) is 11.8 Å². The number of carbonyl (C=O) groups is 1. The van der Waals surface area contributed by atoms with Crippen molar-refractivity contribution in [2.75, 3.05) is 18.6 Å². The lowest BCUT2D eigenvalue weighted by Gasteiger charge is -2.22. The van der Waals surface area contributed by atoms with E-state index in [2.05, 4.69) is 5.32 Å². The summed E-state index contributed by atoms with van der Waals surface area (Å²) in [5.74, 6) is 0.561. The van der Waals surface area contributed by atoms with E-state index in [1.807, 2.05) is 36.6 Å². The molecule has 0 spiro atoms. The van der Waals surface area contributed by atoms with Gasteiger partial charge >= 0.3 is 6.09 Å². The molecule has 100 valence electrons. The first-order chi connectivity index (χ1) is 8.53. The van der Waals surface area contributed by atoms with Gasteiger partial charge in [-0.05, 0) is 18.7 Å². The van der Waals surface area contributed by atoms with Crippen LogP contribution in [0.2, 0.25) is 0 Å². The Labute approximate surface area is 112 Å². The minimum atomic E-state index is -0.912. The van der Waals surface area contributed by atoms with Crippen molar-refractivity contribution >= 4 is 17.9 Å². The first kappa shape index (κ1) is 14.9. The van der Waals surface area contributed by atoms with E-state index >= 15 is 0 Å². The van der Waals surface area contributed by atoms with Crippen LogP contribution < -0.4 is 5.32 Å². The molecule has 5 heteroatoms. The van der Waals surface area contributed by atoms with Crippen molar-refractivity contribution < 1.29 is 14.6 Å². The molecular weight excluding hydrogens is 250 g/mol. The molecule has 0 aromatic heterocycles. The molecule has 1 rings (SSSR count). The average molecular weight is 269 g/mol. The third-order valence-electron chi connectivity index (χ3n) is 2.28. The fraction of sp³-hybridized carbons (Fsp3) is 0.462. The fourth-order valence-electron chi connectivity index (χ4n) is 1.40. The topological polar surface area (TPSA) is 58.6 Å². The van der Waals surface area contributed by atoms with Crippen LogP contribution in [0, 0.1) is 0 Å². The Kier molecular flexibility index (Phi) is 6.01. The van der Waals surface area contributed by atoms with Crippen LogP contribution in [0.15, 0.2) is 30.3 Å².